The van der Waals surface area contributed by atoms with Crippen molar-refractivity contribution in [1.82, 2.24) is 0 Å². The van der Waals surface area contributed by atoms with Gasteiger partial charge in [-0.2, -0.15) is 5.26 Å². The first-order chi connectivity index (χ1) is 7.37. The second-order valence-electron chi connectivity index (χ2n) is 4.26. The van der Waals surface area contributed by atoms with Gasteiger partial charge in [0.2, 0.25) is 0 Å². The van der Waals surface area contributed by atoms with E-state index in [1.165, 1.54) is 0 Å². The van der Waals surface area contributed by atoms with Gasteiger partial charge < -0.3 is 9.84 Å². The zero-order valence-corrected chi connectivity index (χ0v) is 9.65. The molecule has 0 amide bonds. The second kappa shape index (κ2) is 6.83. The molecule has 0 spiro atoms. The highest BCUT2D eigenvalue weighted by Crippen LogP contribution is 2.13. The fourth-order valence-electron chi connectivity index (χ4n) is 0.911. The fraction of sp³-hybridized carbons (Fsp3) is 0.727. The van der Waals surface area contributed by atoms with Gasteiger partial charge in [0.05, 0.1) is 11.5 Å². The third-order valence-electron chi connectivity index (χ3n) is 1.92. The molecule has 5 nitrogen and oxygen atoms in total. The topological polar surface area (TPSA) is 87.4 Å². The summed E-state index contributed by atoms with van der Waals surface area (Å²) in [4.78, 5) is 21.4. The molecule has 0 aromatic rings. The van der Waals surface area contributed by atoms with Crippen LogP contribution in [0, 0.1) is 16.7 Å². The number of carboxylic acid groups (broad SMARTS) is 1. The molecular formula is C11H17NO4. The molecule has 5 heteroatoms. The Bertz CT molecular complexity index is 291. The van der Waals surface area contributed by atoms with Gasteiger partial charge in [0.15, 0.2) is 0 Å². The van der Waals surface area contributed by atoms with Gasteiger partial charge in [-0.1, -0.05) is 0 Å². The summed E-state index contributed by atoms with van der Waals surface area (Å²) in [6, 6.07) is 2.02. The minimum atomic E-state index is -0.862. The van der Waals surface area contributed by atoms with Crippen molar-refractivity contribution in [1.29, 1.82) is 5.26 Å². The molecule has 0 aliphatic heterocycles. The first-order valence-electron chi connectivity index (χ1n) is 5.16. The smallest absolute Gasteiger partial charge is 0.305 e. The van der Waals surface area contributed by atoms with E-state index >= 15 is 0 Å². The molecule has 16 heavy (non-hydrogen) atoms. The monoisotopic (exact) mass is 227 g/mol. The number of esters is 1. The quantitative estimate of drug-likeness (QED) is 0.528. The van der Waals surface area contributed by atoms with Crippen molar-refractivity contribution in [2.75, 3.05) is 6.61 Å². The number of unbranched alkanes of at least 4 members (excludes halogenated alkanes) is 1. The standard InChI is InChI=1S/C11H17NO4/c1-11(2,7-12)8-16-10(15)6-4-3-5-9(13)14/h3-6,8H2,1-2H3,(H,13,14). The van der Waals surface area contributed by atoms with Crippen molar-refractivity contribution in [2.45, 2.75) is 39.5 Å². The number of hydrogen-bond donors (Lipinski definition) is 1. The first-order valence-corrected chi connectivity index (χ1v) is 5.16. The fourth-order valence-corrected chi connectivity index (χ4v) is 0.911. The Morgan fingerprint density at radius 3 is 2.38 bits per heavy atom. The van der Waals surface area contributed by atoms with Crippen LogP contribution in [0.25, 0.3) is 0 Å². The van der Waals surface area contributed by atoms with Gasteiger partial charge in [-0.25, -0.2) is 0 Å². The van der Waals surface area contributed by atoms with Crippen molar-refractivity contribution < 1.29 is 19.4 Å². The van der Waals surface area contributed by atoms with E-state index in [0.717, 1.165) is 0 Å². The number of aliphatic carboxylic acids is 1. The Morgan fingerprint density at radius 1 is 1.31 bits per heavy atom. The SMILES string of the molecule is CC(C)(C#N)COC(=O)CCCCC(=O)O. The highest BCUT2D eigenvalue weighted by Gasteiger charge is 2.19. The Morgan fingerprint density at radius 2 is 1.88 bits per heavy atom. The normalized spacial score (nSPS) is 10.6. The van der Waals surface area contributed by atoms with Gasteiger partial charge in [-0.15, -0.1) is 0 Å². The maximum Gasteiger partial charge on any atom is 0.305 e. The highest BCUT2D eigenvalue weighted by molar-refractivity contribution is 5.69. The summed E-state index contributed by atoms with van der Waals surface area (Å²) in [5.41, 5.74) is -0.670. The molecule has 0 aromatic carbocycles. The minimum Gasteiger partial charge on any atom is -0.481 e. The van der Waals surface area contributed by atoms with Crippen LogP contribution in [0.2, 0.25) is 0 Å². The van der Waals surface area contributed by atoms with Gasteiger partial charge >= 0.3 is 11.9 Å². The van der Waals surface area contributed by atoms with Crippen LogP contribution in [0.4, 0.5) is 0 Å². The maximum absolute atomic E-state index is 11.2. The molecule has 0 aromatic heterocycles. The number of nitrogens with zero attached hydrogens (tertiary/aromatic N) is 1. The predicted molar refractivity (Wildman–Crippen MR) is 56.5 cm³/mol. The average Bonchev–Trinajstić information content (AvgIpc) is 2.21. The van der Waals surface area contributed by atoms with Gasteiger partial charge in [0, 0.05) is 12.8 Å². The molecule has 0 radical (unpaired) electrons. The lowest BCUT2D eigenvalue weighted by atomic mass is 9.98. The third kappa shape index (κ3) is 7.80. The Kier molecular flexibility index (Phi) is 6.16. The lowest BCUT2D eigenvalue weighted by molar-refractivity contribution is -0.146. The number of carbonyl (C=O) groups is 2. The molecule has 0 saturated heterocycles. The summed E-state index contributed by atoms with van der Waals surface area (Å²) in [6.45, 7) is 3.44. The molecule has 0 aliphatic rings. The number of nitriles is 1. The van der Waals surface area contributed by atoms with E-state index in [4.69, 9.17) is 15.1 Å². The van der Waals surface area contributed by atoms with Crippen molar-refractivity contribution in [3.63, 3.8) is 0 Å². The third-order valence-corrected chi connectivity index (χ3v) is 1.92. The van der Waals surface area contributed by atoms with Crippen LogP contribution >= 0.6 is 0 Å². The van der Waals surface area contributed by atoms with Crippen LogP contribution in [0.5, 0.6) is 0 Å². The van der Waals surface area contributed by atoms with Crippen molar-refractivity contribution in [3.05, 3.63) is 0 Å². The molecule has 0 bridgehead atoms. The van der Waals surface area contributed by atoms with E-state index in [9.17, 15) is 9.59 Å². The molecule has 90 valence electrons. The van der Waals surface area contributed by atoms with Gasteiger partial charge in [0.1, 0.15) is 6.61 Å². The molecule has 0 aliphatic carbocycles. The summed E-state index contributed by atoms with van der Waals surface area (Å²) < 4.78 is 4.90. The molecule has 0 fully saturated rings. The maximum atomic E-state index is 11.2. The minimum absolute atomic E-state index is 0.0664. The highest BCUT2D eigenvalue weighted by atomic mass is 16.5. The van der Waals surface area contributed by atoms with Crippen molar-refractivity contribution >= 4 is 11.9 Å². The van der Waals surface area contributed by atoms with E-state index in [1.54, 1.807) is 13.8 Å². The van der Waals surface area contributed by atoms with Gasteiger partial charge in [-0.05, 0) is 26.7 Å². The lowest BCUT2D eigenvalue weighted by Crippen LogP contribution is -2.19. The van der Waals surface area contributed by atoms with E-state index in [-0.39, 0.29) is 25.4 Å². The number of ether oxygens (including phenoxy) is 1. The summed E-state index contributed by atoms with van der Waals surface area (Å²) in [5.74, 6) is -1.24. The Hall–Kier alpha value is -1.57. The van der Waals surface area contributed by atoms with Crippen LogP contribution in [0.3, 0.4) is 0 Å². The Labute approximate surface area is 95.0 Å². The molecule has 0 saturated carbocycles. The van der Waals surface area contributed by atoms with Crippen LogP contribution in [-0.2, 0) is 14.3 Å². The van der Waals surface area contributed by atoms with E-state index in [2.05, 4.69) is 0 Å². The molecule has 0 atom stereocenters. The summed E-state index contributed by atoms with van der Waals surface area (Å²) in [7, 11) is 0. The predicted octanol–water partition coefficient (Wildman–Crippen LogP) is 1.72. The molecule has 0 heterocycles. The number of carboxylic acids is 1. The largest absolute Gasteiger partial charge is 0.481 e. The number of carbonyl (C=O) groups excluding carboxylic acids is 1. The van der Waals surface area contributed by atoms with Crippen LogP contribution in [0.15, 0.2) is 0 Å². The van der Waals surface area contributed by atoms with Crippen LogP contribution in [-0.4, -0.2) is 23.7 Å². The number of hydrogen-bond acceptors (Lipinski definition) is 4. The van der Waals surface area contributed by atoms with Crippen LogP contribution in [0.1, 0.15) is 39.5 Å². The van der Waals surface area contributed by atoms with E-state index in [0.29, 0.717) is 12.8 Å². The van der Waals surface area contributed by atoms with Crippen LogP contribution < -0.4 is 0 Å². The second-order valence-corrected chi connectivity index (χ2v) is 4.26. The molecule has 1 N–H and O–H groups in total. The average molecular weight is 227 g/mol. The van der Waals surface area contributed by atoms with Gasteiger partial charge in [-0.3, -0.25) is 9.59 Å². The first kappa shape index (κ1) is 14.4. The molecule has 0 unspecified atom stereocenters. The zero-order valence-electron chi connectivity index (χ0n) is 9.65. The molecule has 0 rings (SSSR count). The lowest BCUT2D eigenvalue weighted by Gasteiger charge is -2.14. The van der Waals surface area contributed by atoms with Crippen molar-refractivity contribution in [3.8, 4) is 6.07 Å². The molecular weight excluding hydrogens is 210 g/mol. The number of rotatable bonds is 7. The van der Waals surface area contributed by atoms with Gasteiger partial charge in [0.25, 0.3) is 0 Å². The summed E-state index contributed by atoms with van der Waals surface area (Å²) >= 11 is 0. The van der Waals surface area contributed by atoms with E-state index in [1.807, 2.05) is 6.07 Å². The van der Waals surface area contributed by atoms with Crippen molar-refractivity contribution in [2.24, 2.45) is 5.41 Å². The zero-order chi connectivity index (χ0) is 12.6. The van der Waals surface area contributed by atoms with E-state index < -0.39 is 11.4 Å². The summed E-state index contributed by atoms with van der Waals surface area (Å²) in [5, 5.41) is 17.0. The summed E-state index contributed by atoms with van der Waals surface area (Å²) in [6.07, 6.45) is 1.23. The Balaban J connectivity index is 3.61.